The Morgan fingerprint density at radius 3 is 2.17 bits per heavy atom. The van der Waals surface area contributed by atoms with Gasteiger partial charge in [-0.3, -0.25) is 0 Å². The van der Waals surface area contributed by atoms with Gasteiger partial charge in [0.05, 0.1) is 0 Å². The van der Waals surface area contributed by atoms with Crippen LogP contribution in [0.4, 0.5) is 0 Å². The Hall–Kier alpha value is -0.981. The molecule has 3 aliphatic carbocycles. The minimum Gasteiger partial charge on any atom is -0.305 e. The van der Waals surface area contributed by atoms with E-state index in [-0.39, 0.29) is 20.1 Å². The average Bonchev–Trinajstić information content (AvgIpc) is 3.32. The van der Waals surface area contributed by atoms with Gasteiger partial charge in [0.2, 0.25) is 0 Å². The molecule has 2 spiro atoms. The van der Waals surface area contributed by atoms with Crippen LogP contribution >= 0.6 is 0 Å². The van der Waals surface area contributed by atoms with Crippen molar-refractivity contribution in [2.45, 2.75) is 68.6 Å². The second-order valence-electron chi connectivity index (χ2n) is 8.04. The first-order valence-electron chi connectivity index (χ1n) is 9.30. The van der Waals surface area contributed by atoms with Gasteiger partial charge >= 0.3 is 0 Å². The molecule has 1 heterocycles. The Kier molecular flexibility index (Phi) is 4.17. The first-order chi connectivity index (χ1) is 11.3. The fourth-order valence-electron chi connectivity index (χ4n) is 5.87. The quantitative estimate of drug-likeness (QED) is 0.472. The third-order valence-corrected chi connectivity index (χ3v) is 6.83. The van der Waals surface area contributed by atoms with Crippen LogP contribution in [0.3, 0.4) is 0 Å². The summed E-state index contributed by atoms with van der Waals surface area (Å²) in [5, 5.41) is 0. The molecule has 2 aromatic rings. The zero-order valence-electron chi connectivity index (χ0n) is 14.1. The standard InChI is InChI=1S/C22H24N.Ir/c1-6-14-23-20(7-1)17-8-9-18-19(15-17)22(12-4-5-13-22)16-21(18)10-2-3-11-21;/h1,6-7,9,14-15H,2-5,10-13,16H2;/q-1;. The van der Waals surface area contributed by atoms with Crippen molar-refractivity contribution in [1.82, 2.24) is 4.98 Å². The molecule has 1 aromatic heterocycles. The van der Waals surface area contributed by atoms with Crippen LogP contribution in [0.1, 0.15) is 68.9 Å². The Labute approximate surface area is 158 Å². The Morgan fingerprint density at radius 1 is 0.875 bits per heavy atom. The average molecular weight is 495 g/mol. The van der Waals surface area contributed by atoms with E-state index in [4.69, 9.17) is 0 Å². The number of pyridine rings is 1. The van der Waals surface area contributed by atoms with Crippen LogP contribution in [-0.4, -0.2) is 4.98 Å². The predicted molar refractivity (Wildman–Crippen MR) is 93.4 cm³/mol. The zero-order chi connectivity index (χ0) is 15.3. The van der Waals surface area contributed by atoms with Crippen molar-refractivity contribution >= 4 is 0 Å². The van der Waals surface area contributed by atoms with Crippen molar-refractivity contribution in [3.8, 4) is 11.3 Å². The van der Waals surface area contributed by atoms with Crippen molar-refractivity contribution in [2.24, 2.45) is 0 Å². The third-order valence-electron chi connectivity index (χ3n) is 6.83. The van der Waals surface area contributed by atoms with Gasteiger partial charge < -0.3 is 4.98 Å². The molecule has 2 fully saturated rings. The number of nitrogens with zero attached hydrogens (tertiary/aromatic N) is 1. The van der Waals surface area contributed by atoms with E-state index in [1.807, 2.05) is 12.3 Å². The third kappa shape index (κ3) is 2.34. The molecule has 0 atom stereocenters. The van der Waals surface area contributed by atoms with Gasteiger partial charge in [-0.1, -0.05) is 50.7 Å². The van der Waals surface area contributed by atoms with Gasteiger partial charge in [-0.05, 0) is 41.9 Å². The number of hydrogen-bond donors (Lipinski definition) is 0. The Balaban J connectivity index is 0.00000146. The number of rotatable bonds is 1. The fourth-order valence-corrected chi connectivity index (χ4v) is 5.87. The monoisotopic (exact) mass is 495 g/mol. The van der Waals surface area contributed by atoms with Crippen LogP contribution in [0.15, 0.2) is 36.5 Å². The van der Waals surface area contributed by atoms with Crippen LogP contribution in [0.2, 0.25) is 0 Å². The summed E-state index contributed by atoms with van der Waals surface area (Å²) in [6.45, 7) is 0. The van der Waals surface area contributed by atoms with Gasteiger partial charge in [-0.2, -0.15) is 0 Å². The molecule has 0 aliphatic heterocycles. The Bertz CT molecular complexity index is 725. The molecule has 0 amide bonds. The van der Waals surface area contributed by atoms with E-state index in [9.17, 15) is 0 Å². The van der Waals surface area contributed by atoms with E-state index in [1.165, 1.54) is 63.4 Å². The van der Waals surface area contributed by atoms with E-state index >= 15 is 0 Å². The van der Waals surface area contributed by atoms with E-state index in [1.54, 1.807) is 11.1 Å². The maximum atomic E-state index is 4.55. The summed E-state index contributed by atoms with van der Waals surface area (Å²) in [5.74, 6) is 0. The summed E-state index contributed by atoms with van der Waals surface area (Å²) >= 11 is 0. The molecule has 2 heteroatoms. The smallest absolute Gasteiger partial charge is 0.0160 e. The maximum absolute atomic E-state index is 4.55. The van der Waals surface area contributed by atoms with Crippen LogP contribution in [-0.2, 0) is 30.9 Å². The molecule has 127 valence electrons. The van der Waals surface area contributed by atoms with Gasteiger partial charge in [-0.15, -0.1) is 34.9 Å². The molecule has 0 saturated heterocycles. The topological polar surface area (TPSA) is 12.9 Å². The molecule has 1 aromatic carbocycles. The van der Waals surface area contributed by atoms with E-state index in [0.29, 0.717) is 10.8 Å². The number of aromatic nitrogens is 1. The summed E-state index contributed by atoms with van der Waals surface area (Å²) in [6, 6.07) is 14.6. The normalized spacial score (nSPS) is 22.7. The van der Waals surface area contributed by atoms with Crippen LogP contribution in [0.5, 0.6) is 0 Å². The van der Waals surface area contributed by atoms with Gasteiger partial charge in [0.25, 0.3) is 0 Å². The Morgan fingerprint density at radius 2 is 1.54 bits per heavy atom. The van der Waals surface area contributed by atoms with Gasteiger partial charge in [-0.25, -0.2) is 0 Å². The zero-order valence-corrected chi connectivity index (χ0v) is 16.5. The summed E-state index contributed by atoms with van der Waals surface area (Å²) in [5.41, 5.74) is 6.52. The minimum absolute atomic E-state index is 0. The number of benzene rings is 1. The SMILES string of the molecule is [Ir].[c-]1cc2c(cc1-c1ccccn1)C1(CCCC1)CC21CCCC1. The number of hydrogen-bond acceptors (Lipinski definition) is 1. The van der Waals surface area contributed by atoms with Gasteiger partial charge in [0.1, 0.15) is 0 Å². The maximum Gasteiger partial charge on any atom is 0.0160 e. The summed E-state index contributed by atoms with van der Waals surface area (Å²) in [7, 11) is 0. The molecule has 0 N–H and O–H groups in total. The first-order valence-corrected chi connectivity index (χ1v) is 9.30. The van der Waals surface area contributed by atoms with Crippen LogP contribution < -0.4 is 0 Å². The second-order valence-corrected chi connectivity index (χ2v) is 8.04. The number of fused-ring (bicyclic) bond motifs is 3. The summed E-state index contributed by atoms with van der Waals surface area (Å²) in [6.07, 6.45) is 14.5. The molecule has 0 bridgehead atoms. The van der Waals surface area contributed by atoms with Crippen LogP contribution in [0, 0.1) is 6.07 Å². The van der Waals surface area contributed by atoms with Crippen molar-refractivity contribution in [3.63, 3.8) is 0 Å². The van der Waals surface area contributed by atoms with Gasteiger partial charge in [0.15, 0.2) is 0 Å². The van der Waals surface area contributed by atoms with Crippen molar-refractivity contribution in [2.75, 3.05) is 0 Å². The molecular weight excluding hydrogens is 470 g/mol. The van der Waals surface area contributed by atoms with E-state index in [0.717, 1.165) is 5.69 Å². The predicted octanol–water partition coefficient (Wildman–Crippen LogP) is 5.57. The largest absolute Gasteiger partial charge is 0.305 e. The van der Waals surface area contributed by atoms with E-state index in [2.05, 4.69) is 35.3 Å². The summed E-state index contributed by atoms with van der Waals surface area (Å²) < 4.78 is 0. The van der Waals surface area contributed by atoms with E-state index < -0.39 is 0 Å². The van der Waals surface area contributed by atoms with Gasteiger partial charge in [0, 0.05) is 26.3 Å². The molecule has 5 rings (SSSR count). The minimum atomic E-state index is 0. The molecule has 0 unspecified atom stereocenters. The van der Waals surface area contributed by atoms with Crippen LogP contribution in [0.25, 0.3) is 11.3 Å². The first kappa shape index (κ1) is 16.5. The fraction of sp³-hybridized carbons (Fsp3) is 0.500. The van der Waals surface area contributed by atoms with Crippen molar-refractivity contribution in [1.29, 1.82) is 0 Å². The molecule has 3 aliphatic rings. The molecule has 1 nitrogen and oxygen atoms in total. The second kappa shape index (κ2) is 6.07. The molecule has 2 saturated carbocycles. The summed E-state index contributed by atoms with van der Waals surface area (Å²) in [4.78, 5) is 4.55. The van der Waals surface area contributed by atoms with Crippen molar-refractivity contribution in [3.05, 3.63) is 53.7 Å². The molecule has 24 heavy (non-hydrogen) atoms. The molecular formula is C22H24IrN-. The molecule has 1 radical (unpaired) electrons. The van der Waals surface area contributed by atoms with Crippen molar-refractivity contribution < 1.29 is 20.1 Å².